The summed E-state index contributed by atoms with van der Waals surface area (Å²) in [5.74, 6) is 0. The molecule has 0 bridgehead atoms. The van der Waals surface area contributed by atoms with E-state index in [-0.39, 0.29) is 5.56 Å². The minimum absolute atomic E-state index is 0.0804. The van der Waals surface area contributed by atoms with Gasteiger partial charge in [0.05, 0.1) is 12.2 Å². The van der Waals surface area contributed by atoms with Gasteiger partial charge in [-0.1, -0.05) is 44.0 Å². The molecule has 0 aliphatic heterocycles. The topological polar surface area (TPSA) is 34.9 Å². The summed E-state index contributed by atoms with van der Waals surface area (Å²) in [4.78, 5) is 11.5. The van der Waals surface area contributed by atoms with E-state index in [2.05, 4.69) is 37.0 Å². The molecule has 17 heavy (non-hydrogen) atoms. The molecule has 0 radical (unpaired) electrons. The highest BCUT2D eigenvalue weighted by Crippen LogP contribution is 2.20. The fourth-order valence-corrected chi connectivity index (χ4v) is 2.23. The van der Waals surface area contributed by atoms with Crippen molar-refractivity contribution in [1.82, 2.24) is 9.78 Å². The van der Waals surface area contributed by atoms with E-state index in [1.165, 1.54) is 4.68 Å². The van der Waals surface area contributed by atoms with Gasteiger partial charge in [0, 0.05) is 21.4 Å². The van der Waals surface area contributed by atoms with Gasteiger partial charge < -0.3 is 0 Å². The molecule has 2 aromatic rings. The maximum absolute atomic E-state index is 11.5. The smallest absolute Gasteiger partial charge is 0.266 e. The Balaban J connectivity index is 2.46. The van der Waals surface area contributed by atoms with Crippen molar-refractivity contribution >= 4 is 31.9 Å². The summed E-state index contributed by atoms with van der Waals surface area (Å²) in [5.41, 5.74) is 1.71. The van der Waals surface area contributed by atoms with E-state index in [9.17, 15) is 4.79 Å². The van der Waals surface area contributed by atoms with Crippen LogP contribution in [0.5, 0.6) is 0 Å². The Morgan fingerprint density at radius 1 is 1.24 bits per heavy atom. The molecule has 0 aliphatic rings. The fourth-order valence-electron chi connectivity index (χ4n) is 1.49. The summed E-state index contributed by atoms with van der Waals surface area (Å²) in [7, 11) is 0. The molecule has 1 aromatic heterocycles. The Kier molecular flexibility index (Phi) is 4.12. The van der Waals surface area contributed by atoms with Crippen LogP contribution in [0.15, 0.2) is 45.7 Å². The van der Waals surface area contributed by atoms with E-state index in [0.717, 1.165) is 15.7 Å². The van der Waals surface area contributed by atoms with Crippen LogP contribution in [-0.4, -0.2) is 15.1 Å². The van der Waals surface area contributed by atoms with Crippen molar-refractivity contribution in [2.24, 2.45) is 0 Å². The second kappa shape index (κ2) is 5.60. The number of aryl methyl sites for hydroxylation is 1. The van der Waals surface area contributed by atoms with Crippen LogP contribution in [0, 0.1) is 0 Å². The first-order valence-corrected chi connectivity index (χ1v) is 7.02. The highest BCUT2D eigenvalue weighted by Gasteiger charge is 2.03. The van der Waals surface area contributed by atoms with Crippen molar-refractivity contribution < 1.29 is 0 Å². The first-order valence-electron chi connectivity index (χ1n) is 5.11. The molecule has 2 rings (SSSR count). The average Bonchev–Trinajstić information content (AvgIpc) is 2.32. The second-order valence-electron chi connectivity index (χ2n) is 3.48. The molecule has 1 heterocycles. The van der Waals surface area contributed by atoms with Gasteiger partial charge in [-0.2, -0.15) is 5.10 Å². The minimum Gasteiger partial charge on any atom is -0.268 e. The highest BCUT2D eigenvalue weighted by atomic mass is 79.9. The standard InChI is InChI=1S/C12H10Br2N2O/c13-6-7-16-12(17)5-4-11(15-16)9-2-1-3-10(14)8-9/h1-5,8H,6-7H2. The predicted molar refractivity (Wildman–Crippen MR) is 75.4 cm³/mol. The maximum Gasteiger partial charge on any atom is 0.266 e. The molecule has 0 N–H and O–H groups in total. The largest absolute Gasteiger partial charge is 0.268 e. The van der Waals surface area contributed by atoms with Crippen molar-refractivity contribution in [1.29, 1.82) is 0 Å². The zero-order valence-electron chi connectivity index (χ0n) is 8.94. The number of alkyl halides is 1. The Morgan fingerprint density at radius 3 is 2.76 bits per heavy atom. The van der Waals surface area contributed by atoms with E-state index in [0.29, 0.717) is 11.9 Å². The van der Waals surface area contributed by atoms with Gasteiger partial charge in [-0.3, -0.25) is 4.79 Å². The van der Waals surface area contributed by atoms with Crippen LogP contribution >= 0.6 is 31.9 Å². The second-order valence-corrected chi connectivity index (χ2v) is 5.19. The van der Waals surface area contributed by atoms with Crippen molar-refractivity contribution in [2.45, 2.75) is 6.54 Å². The molecule has 0 saturated heterocycles. The normalized spacial score (nSPS) is 10.5. The molecule has 0 atom stereocenters. The fraction of sp³-hybridized carbons (Fsp3) is 0.167. The first kappa shape index (κ1) is 12.5. The molecule has 3 nitrogen and oxygen atoms in total. The molecular formula is C12H10Br2N2O. The number of hydrogen-bond donors (Lipinski definition) is 0. The molecule has 0 fully saturated rings. The molecule has 88 valence electrons. The van der Waals surface area contributed by atoms with Crippen molar-refractivity contribution in [3.63, 3.8) is 0 Å². The lowest BCUT2D eigenvalue weighted by atomic mass is 10.1. The van der Waals surface area contributed by atoms with Crippen molar-refractivity contribution in [2.75, 3.05) is 5.33 Å². The molecule has 0 amide bonds. The summed E-state index contributed by atoms with van der Waals surface area (Å²) >= 11 is 6.72. The number of nitrogens with zero attached hydrogens (tertiary/aromatic N) is 2. The predicted octanol–water partition coefficient (Wildman–Crippen LogP) is 3.07. The van der Waals surface area contributed by atoms with Crippen LogP contribution in [0.2, 0.25) is 0 Å². The summed E-state index contributed by atoms with van der Waals surface area (Å²) in [6.45, 7) is 0.570. The van der Waals surface area contributed by atoms with Gasteiger partial charge in [-0.15, -0.1) is 0 Å². The van der Waals surface area contributed by atoms with Crippen LogP contribution in [0.4, 0.5) is 0 Å². The Bertz CT molecular complexity index is 581. The monoisotopic (exact) mass is 356 g/mol. The molecular weight excluding hydrogens is 348 g/mol. The molecule has 1 aromatic carbocycles. The van der Waals surface area contributed by atoms with Gasteiger partial charge in [0.2, 0.25) is 0 Å². The molecule has 0 unspecified atom stereocenters. The van der Waals surface area contributed by atoms with E-state index < -0.39 is 0 Å². The average molecular weight is 358 g/mol. The summed E-state index contributed by atoms with van der Waals surface area (Å²) < 4.78 is 2.46. The van der Waals surface area contributed by atoms with Gasteiger partial charge in [0.15, 0.2) is 0 Å². The van der Waals surface area contributed by atoms with Crippen LogP contribution in [0.3, 0.4) is 0 Å². The number of aromatic nitrogens is 2. The SMILES string of the molecule is O=c1ccc(-c2cccc(Br)c2)nn1CCBr. The first-order chi connectivity index (χ1) is 8.20. The van der Waals surface area contributed by atoms with Gasteiger partial charge in [0.25, 0.3) is 5.56 Å². The zero-order valence-corrected chi connectivity index (χ0v) is 12.1. The lowest BCUT2D eigenvalue weighted by Crippen LogP contribution is -2.22. The van der Waals surface area contributed by atoms with Crippen LogP contribution < -0.4 is 5.56 Å². The zero-order chi connectivity index (χ0) is 12.3. The number of rotatable bonds is 3. The molecule has 0 aliphatic carbocycles. The number of hydrogen-bond acceptors (Lipinski definition) is 2. The molecule has 0 spiro atoms. The minimum atomic E-state index is -0.0804. The lowest BCUT2D eigenvalue weighted by Gasteiger charge is -2.05. The maximum atomic E-state index is 11.5. The third kappa shape index (κ3) is 3.04. The summed E-state index contributed by atoms with van der Waals surface area (Å²) in [5, 5.41) is 5.04. The van der Waals surface area contributed by atoms with Gasteiger partial charge in [-0.05, 0) is 18.2 Å². The van der Waals surface area contributed by atoms with E-state index in [4.69, 9.17) is 0 Å². The van der Waals surface area contributed by atoms with Crippen LogP contribution in [-0.2, 0) is 6.54 Å². The summed E-state index contributed by atoms with van der Waals surface area (Å²) in [6.07, 6.45) is 0. The lowest BCUT2D eigenvalue weighted by molar-refractivity contribution is 0.627. The number of halogens is 2. The van der Waals surface area contributed by atoms with Crippen LogP contribution in [0.25, 0.3) is 11.3 Å². The third-order valence-corrected chi connectivity index (χ3v) is 3.13. The van der Waals surface area contributed by atoms with Gasteiger partial charge in [0.1, 0.15) is 0 Å². The van der Waals surface area contributed by atoms with E-state index in [1.807, 2.05) is 24.3 Å². The summed E-state index contributed by atoms with van der Waals surface area (Å²) in [6, 6.07) is 11.1. The van der Waals surface area contributed by atoms with Crippen molar-refractivity contribution in [3.8, 4) is 11.3 Å². The Labute approximate surface area is 116 Å². The Morgan fingerprint density at radius 2 is 2.06 bits per heavy atom. The van der Waals surface area contributed by atoms with E-state index >= 15 is 0 Å². The Hall–Kier alpha value is -0.940. The van der Waals surface area contributed by atoms with Crippen molar-refractivity contribution in [3.05, 3.63) is 51.2 Å². The number of benzene rings is 1. The van der Waals surface area contributed by atoms with E-state index in [1.54, 1.807) is 12.1 Å². The van der Waals surface area contributed by atoms with Crippen LogP contribution in [0.1, 0.15) is 0 Å². The van der Waals surface area contributed by atoms with Gasteiger partial charge in [-0.25, -0.2) is 4.68 Å². The quantitative estimate of drug-likeness (QED) is 0.791. The van der Waals surface area contributed by atoms with Gasteiger partial charge >= 0.3 is 0 Å². The highest BCUT2D eigenvalue weighted by molar-refractivity contribution is 9.10. The molecule has 0 saturated carbocycles. The third-order valence-electron chi connectivity index (χ3n) is 2.28. The molecule has 5 heteroatoms.